The summed E-state index contributed by atoms with van der Waals surface area (Å²) in [4.78, 5) is 18.3. The maximum atomic E-state index is 12.9. The van der Waals surface area contributed by atoms with Crippen LogP contribution in [0.5, 0.6) is 0 Å². The molecular weight excluding hydrogens is 466 g/mol. The van der Waals surface area contributed by atoms with Crippen molar-refractivity contribution in [1.82, 2.24) is 4.72 Å². The number of anilines is 1. The van der Waals surface area contributed by atoms with Gasteiger partial charge in [0.05, 0.1) is 4.90 Å². The van der Waals surface area contributed by atoms with Gasteiger partial charge in [-0.1, -0.05) is 35.9 Å². The molecule has 34 heavy (non-hydrogen) atoms. The number of aliphatic imine (C=N–C) groups is 1. The predicted molar refractivity (Wildman–Crippen MR) is 138 cm³/mol. The van der Waals surface area contributed by atoms with E-state index in [1.165, 1.54) is 28.2 Å². The number of carbonyl (C=O) groups excluding carboxylic acids is 1. The Morgan fingerprint density at radius 1 is 1.03 bits per heavy atom. The Labute approximate surface area is 204 Å². The first-order valence-electron chi connectivity index (χ1n) is 11.1. The quantitative estimate of drug-likeness (QED) is 0.436. The summed E-state index contributed by atoms with van der Waals surface area (Å²) in [5.74, 6) is 0.930. The summed E-state index contributed by atoms with van der Waals surface area (Å²) in [7, 11) is -3.75. The number of thioether (sulfide) groups is 1. The Morgan fingerprint density at radius 3 is 2.62 bits per heavy atom. The van der Waals surface area contributed by atoms with Crippen molar-refractivity contribution in [2.24, 2.45) is 4.99 Å². The average Bonchev–Trinajstić information content (AvgIpc) is 3.31. The van der Waals surface area contributed by atoms with Crippen LogP contribution in [0, 0.1) is 13.8 Å². The molecule has 1 heterocycles. The summed E-state index contributed by atoms with van der Waals surface area (Å²) >= 11 is 1.74. The van der Waals surface area contributed by atoms with Crippen LogP contribution in [0.2, 0.25) is 0 Å². The molecule has 0 aliphatic carbocycles. The van der Waals surface area contributed by atoms with Gasteiger partial charge in [-0.2, -0.15) is 0 Å². The number of hydrogen-bond donors (Lipinski definition) is 2. The zero-order valence-corrected chi connectivity index (χ0v) is 20.8. The molecule has 6 nitrogen and oxygen atoms in total. The molecule has 176 valence electrons. The molecule has 0 radical (unpaired) electrons. The molecule has 3 aromatic rings. The molecule has 1 aliphatic heterocycles. The van der Waals surface area contributed by atoms with E-state index in [0.29, 0.717) is 30.1 Å². The lowest BCUT2D eigenvalue weighted by Gasteiger charge is -2.11. The van der Waals surface area contributed by atoms with Crippen molar-refractivity contribution in [2.45, 2.75) is 42.2 Å². The third kappa shape index (κ3) is 6.07. The molecule has 2 N–H and O–H groups in total. The van der Waals surface area contributed by atoms with E-state index in [4.69, 9.17) is 0 Å². The smallest absolute Gasteiger partial charge is 0.262 e. The molecule has 1 amide bonds. The molecule has 0 unspecified atom stereocenters. The number of nitrogens with zero attached hydrogens (tertiary/aromatic N) is 1. The molecular formula is C26H27N3O3S2. The standard InChI is InChI=1S/C26H27N3O3S2/c1-18-11-12-24(19(2)14-18)33-17-20-6-3-7-21(15-20)26(30)28-22-8-4-9-23(16-22)34(31,32)29-25-10-5-13-27-25/h3-4,6-9,11-12,14-16H,5,10,13,17H2,1-2H3,(H,27,29)(H,28,30). The highest BCUT2D eigenvalue weighted by molar-refractivity contribution is 7.98. The molecule has 0 spiro atoms. The SMILES string of the molecule is Cc1ccc(SCc2cccc(C(=O)Nc3cccc(S(=O)(=O)NC4=NCCC4)c3)c2)c(C)c1. The Balaban J connectivity index is 1.43. The van der Waals surface area contributed by atoms with Gasteiger partial charge in [0.1, 0.15) is 5.84 Å². The zero-order valence-electron chi connectivity index (χ0n) is 19.2. The second-order valence-electron chi connectivity index (χ2n) is 8.28. The van der Waals surface area contributed by atoms with E-state index in [0.717, 1.165) is 17.7 Å². The molecule has 0 fully saturated rings. The highest BCUT2D eigenvalue weighted by Crippen LogP contribution is 2.27. The third-order valence-corrected chi connectivity index (χ3v) is 8.07. The third-order valence-electron chi connectivity index (χ3n) is 5.44. The van der Waals surface area contributed by atoms with Crippen LogP contribution >= 0.6 is 11.8 Å². The minimum Gasteiger partial charge on any atom is -0.322 e. The molecule has 8 heteroatoms. The van der Waals surface area contributed by atoms with Crippen molar-refractivity contribution >= 4 is 39.2 Å². The molecule has 0 saturated carbocycles. The highest BCUT2D eigenvalue weighted by atomic mass is 32.2. The summed E-state index contributed by atoms with van der Waals surface area (Å²) in [5, 5.41) is 2.81. The lowest BCUT2D eigenvalue weighted by Crippen LogP contribution is -2.29. The van der Waals surface area contributed by atoms with Gasteiger partial charge in [0.25, 0.3) is 15.9 Å². The minimum absolute atomic E-state index is 0.0820. The summed E-state index contributed by atoms with van der Waals surface area (Å²) in [6.45, 7) is 4.82. The Kier molecular flexibility index (Phi) is 7.38. The lowest BCUT2D eigenvalue weighted by molar-refractivity contribution is 0.102. The van der Waals surface area contributed by atoms with Gasteiger partial charge in [-0.25, -0.2) is 8.42 Å². The lowest BCUT2D eigenvalue weighted by atomic mass is 10.1. The van der Waals surface area contributed by atoms with Crippen LogP contribution in [0.3, 0.4) is 0 Å². The molecule has 0 saturated heterocycles. The Bertz CT molecular complexity index is 1350. The number of amides is 1. The van der Waals surface area contributed by atoms with Crippen LogP contribution in [-0.2, 0) is 15.8 Å². The van der Waals surface area contributed by atoms with Crippen molar-refractivity contribution in [3.05, 3.63) is 89.0 Å². The van der Waals surface area contributed by atoms with Gasteiger partial charge in [0.15, 0.2) is 0 Å². The maximum absolute atomic E-state index is 12.9. The van der Waals surface area contributed by atoms with Gasteiger partial charge in [0, 0.05) is 34.9 Å². The van der Waals surface area contributed by atoms with E-state index in [9.17, 15) is 13.2 Å². The fourth-order valence-corrected chi connectivity index (χ4v) is 5.79. The summed E-state index contributed by atoms with van der Waals surface area (Å²) < 4.78 is 27.9. The highest BCUT2D eigenvalue weighted by Gasteiger charge is 2.19. The van der Waals surface area contributed by atoms with E-state index in [2.05, 4.69) is 47.1 Å². The van der Waals surface area contributed by atoms with Gasteiger partial charge < -0.3 is 5.32 Å². The van der Waals surface area contributed by atoms with Crippen LogP contribution in [0.1, 0.15) is 39.9 Å². The minimum atomic E-state index is -3.75. The average molecular weight is 494 g/mol. The van der Waals surface area contributed by atoms with Crippen LogP contribution in [0.15, 0.2) is 81.5 Å². The van der Waals surface area contributed by atoms with Crippen LogP contribution < -0.4 is 10.0 Å². The van der Waals surface area contributed by atoms with Crippen molar-refractivity contribution in [2.75, 3.05) is 11.9 Å². The fourth-order valence-electron chi connectivity index (χ4n) is 3.71. The van der Waals surface area contributed by atoms with Crippen molar-refractivity contribution < 1.29 is 13.2 Å². The second kappa shape index (κ2) is 10.4. The first kappa shape index (κ1) is 24.0. The van der Waals surface area contributed by atoms with Crippen molar-refractivity contribution in [3.63, 3.8) is 0 Å². The van der Waals surface area contributed by atoms with Crippen molar-refractivity contribution in [3.8, 4) is 0 Å². The van der Waals surface area contributed by atoms with E-state index < -0.39 is 10.0 Å². The van der Waals surface area contributed by atoms with Crippen molar-refractivity contribution in [1.29, 1.82) is 0 Å². The largest absolute Gasteiger partial charge is 0.322 e. The molecule has 3 aromatic carbocycles. The van der Waals surface area contributed by atoms with Crippen LogP contribution in [0.4, 0.5) is 5.69 Å². The number of aryl methyl sites for hydroxylation is 2. The topological polar surface area (TPSA) is 87.6 Å². The fraction of sp³-hybridized carbons (Fsp3) is 0.231. The number of sulfonamides is 1. The number of carbonyl (C=O) groups is 1. The first-order chi connectivity index (χ1) is 16.3. The number of amidine groups is 1. The first-order valence-corrected chi connectivity index (χ1v) is 13.5. The number of rotatable bonds is 7. The Morgan fingerprint density at radius 2 is 1.85 bits per heavy atom. The molecule has 0 atom stereocenters. The monoisotopic (exact) mass is 493 g/mol. The Hall–Kier alpha value is -3.10. The number of nitrogens with one attached hydrogen (secondary N) is 2. The van der Waals surface area contributed by atoms with Gasteiger partial charge in [-0.05, 0) is 67.8 Å². The van der Waals surface area contributed by atoms with E-state index in [1.807, 2.05) is 18.2 Å². The van der Waals surface area contributed by atoms with E-state index in [-0.39, 0.29) is 10.8 Å². The number of hydrogen-bond acceptors (Lipinski definition) is 5. The molecule has 0 bridgehead atoms. The molecule has 0 aromatic heterocycles. The van der Waals surface area contributed by atoms with E-state index >= 15 is 0 Å². The van der Waals surface area contributed by atoms with E-state index in [1.54, 1.807) is 30.0 Å². The van der Waals surface area contributed by atoms with Gasteiger partial charge in [-0.15, -0.1) is 11.8 Å². The molecule has 4 rings (SSSR count). The predicted octanol–water partition coefficient (Wildman–Crippen LogP) is 5.32. The van der Waals surface area contributed by atoms with Crippen LogP contribution in [0.25, 0.3) is 0 Å². The second-order valence-corrected chi connectivity index (χ2v) is 11.0. The summed E-state index contributed by atoms with van der Waals surface area (Å²) in [5.41, 5.74) is 4.45. The van der Waals surface area contributed by atoms with Gasteiger partial charge >= 0.3 is 0 Å². The van der Waals surface area contributed by atoms with Gasteiger partial charge in [0.2, 0.25) is 0 Å². The molecule has 1 aliphatic rings. The summed E-state index contributed by atoms with van der Waals surface area (Å²) in [6, 6.07) is 20.1. The normalized spacial score (nSPS) is 13.4. The summed E-state index contributed by atoms with van der Waals surface area (Å²) in [6.07, 6.45) is 1.46. The van der Waals surface area contributed by atoms with Crippen LogP contribution in [-0.4, -0.2) is 26.7 Å². The number of benzene rings is 3. The maximum Gasteiger partial charge on any atom is 0.262 e. The zero-order chi connectivity index (χ0) is 24.1. The van der Waals surface area contributed by atoms with Gasteiger partial charge in [-0.3, -0.25) is 14.5 Å².